The fourth-order valence-electron chi connectivity index (χ4n) is 1.12. The lowest BCUT2D eigenvalue weighted by atomic mass is 10.0. The van der Waals surface area contributed by atoms with Gasteiger partial charge >= 0.3 is 0 Å². The number of carbonyl (C=O) groups is 1. The lowest BCUT2D eigenvalue weighted by Gasteiger charge is -2.32. The third-order valence-corrected chi connectivity index (χ3v) is 2.90. The van der Waals surface area contributed by atoms with Crippen LogP contribution < -0.4 is 11.1 Å². The Labute approximate surface area is 126 Å². The van der Waals surface area contributed by atoms with Crippen molar-refractivity contribution in [1.82, 2.24) is 15.2 Å². The number of rotatable bonds is 4. The fourth-order valence-corrected chi connectivity index (χ4v) is 1.12. The summed E-state index contributed by atoms with van der Waals surface area (Å²) < 4.78 is 0. The third kappa shape index (κ3) is 6.09. The van der Waals surface area contributed by atoms with Gasteiger partial charge < -0.3 is 16.0 Å². The quantitative estimate of drug-likeness (QED) is 0.886. The Hall–Kier alpha value is -1.04. The highest BCUT2D eigenvalue weighted by Gasteiger charge is 2.21. The van der Waals surface area contributed by atoms with E-state index in [0.717, 1.165) is 0 Å². The zero-order valence-corrected chi connectivity index (χ0v) is 13.3. The predicted molar refractivity (Wildman–Crippen MR) is 83.2 cm³/mol. The Morgan fingerprint density at radius 2 is 1.95 bits per heavy atom. The number of pyridine rings is 1. The van der Waals surface area contributed by atoms with Gasteiger partial charge in [0.15, 0.2) is 0 Å². The van der Waals surface area contributed by atoms with Gasteiger partial charge in [-0.25, -0.2) is 4.98 Å². The molecule has 0 saturated heterocycles. The molecule has 3 N–H and O–H groups in total. The van der Waals surface area contributed by atoms with E-state index in [2.05, 4.69) is 29.0 Å². The molecule has 5 nitrogen and oxygen atoms in total. The van der Waals surface area contributed by atoms with Crippen molar-refractivity contribution in [3.05, 3.63) is 23.9 Å². The maximum Gasteiger partial charge on any atom is 0.270 e. The van der Waals surface area contributed by atoms with E-state index in [0.29, 0.717) is 18.1 Å². The van der Waals surface area contributed by atoms with Gasteiger partial charge in [-0.1, -0.05) is 6.07 Å². The van der Waals surface area contributed by atoms with Gasteiger partial charge in [0, 0.05) is 12.1 Å². The van der Waals surface area contributed by atoms with Gasteiger partial charge in [0.1, 0.15) is 11.5 Å². The van der Waals surface area contributed by atoms with E-state index < -0.39 is 0 Å². The van der Waals surface area contributed by atoms with E-state index in [4.69, 9.17) is 5.73 Å². The molecule has 0 aliphatic heterocycles. The number of nitrogen functional groups attached to an aromatic ring is 1. The minimum atomic E-state index is -0.202. The van der Waals surface area contributed by atoms with Gasteiger partial charge in [-0.15, -0.1) is 24.8 Å². The number of amides is 1. The first-order chi connectivity index (χ1) is 7.83. The number of carbonyl (C=O) groups excluding carboxylic acids is 1. The van der Waals surface area contributed by atoms with Crippen LogP contribution in [0, 0.1) is 0 Å². The first-order valence-electron chi connectivity index (χ1n) is 5.51. The standard InChI is InChI=1S/C12H20N4O.2ClH/c1-12(2,16(3)4)8-14-11(17)9-6-5-7-10(13)15-9;;/h5-7H,8H2,1-4H3,(H2,13,15)(H,14,17);2*1H. The summed E-state index contributed by atoms with van der Waals surface area (Å²) in [6.07, 6.45) is 0. The number of nitrogens with one attached hydrogen (secondary N) is 1. The van der Waals surface area contributed by atoms with Gasteiger partial charge in [0.05, 0.1) is 0 Å². The largest absolute Gasteiger partial charge is 0.384 e. The highest BCUT2D eigenvalue weighted by molar-refractivity contribution is 5.92. The average molecular weight is 309 g/mol. The SMILES string of the molecule is CN(C)C(C)(C)CNC(=O)c1cccc(N)n1.Cl.Cl. The molecule has 0 spiro atoms. The first-order valence-corrected chi connectivity index (χ1v) is 5.51. The van der Waals surface area contributed by atoms with E-state index in [-0.39, 0.29) is 36.3 Å². The van der Waals surface area contributed by atoms with Crippen LogP contribution in [0.25, 0.3) is 0 Å². The van der Waals surface area contributed by atoms with Gasteiger partial charge in [-0.05, 0) is 40.1 Å². The Morgan fingerprint density at radius 3 is 2.42 bits per heavy atom. The van der Waals surface area contributed by atoms with Crippen LogP contribution in [0.15, 0.2) is 18.2 Å². The van der Waals surface area contributed by atoms with E-state index in [1.807, 2.05) is 14.1 Å². The molecule has 110 valence electrons. The minimum Gasteiger partial charge on any atom is -0.384 e. The molecule has 0 aromatic carbocycles. The summed E-state index contributed by atoms with van der Waals surface area (Å²) in [5, 5.41) is 2.85. The zero-order valence-electron chi connectivity index (χ0n) is 11.6. The van der Waals surface area contributed by atoms with E-state index >= 15 is 0 Å². The molecule has 0 radical (unpaired) electrons. The summed E-state index contributed by atoms with van der Waals surface area (Å²) in [4.78, 5) is 17.8. The highest BCUT2D eigenvalue weighted by Crippen LogP contribution is 2.08. The number of hydrogen-bond donors (Lipinski definition) is 2. The number of aromatic nitrogens is 1. The summed E-state index contributed by atoms with van der Waals surface area (Å²) in [7, 11) is 3.95. The smallest absolute Gasteiger partial charge is 0.270 e. The van der Waals surface area contributed by atoms with Crippen molar-refractivity contribution in [2.75, 3.05) is 26.4 Å². The second kappa shape index (κ2) is 8.19. The fraction of sp³-hybridized carbons (Fsp3) is 0.500. The Morgan fingerprint density at radius 1 is 1.37 bits per heavy atom. The first kappa shape index (κ1) is 20.3. The summed E-state index contributed by atoms with van der Waals surface area (Å²) in [6.45, 7) is 4.66. The number of nitrogens with zero attached hydrogens (tertiary/aromatic N) is 2. The van der Waals surface area contributed by atoms with Crippen LogP contribution in [0.3, 0.4) is 0 Å². The summed E-state index contributed by atoms with van der Waals surface area (Å²) in [6, 6.07) is 5.02. The van der Waals surface area contributed by atoms with E-state index in [1.165, 1.54) is 0 Å². The number of likely N-dealkylation sites (N-methyl/N-ethyl adjacent to an activating group) is 1. The lowest BCUT2D eigenvalue weighted by Crippen LogP contribution is -2.48. The topological polar surface area (TPSA) is 71.2 Å². The number of anilines is 1. The summed E-state index contributed by atoms with van der Waals surface area (Å²) >= 11 is 0. The molecule has 1 amide bonds. The van der Waals surface area contributed by atoms with Crippen LogP contribution in [0.5, 0.6) is 0 Å². The average Bonchev–Trinajstić information content (AvgIpc) is 2.25. The van der Waals surface area contributed by atoms with E-state index in [1.54, 1.807) is 18.2 Å². The predicted octanol–water partition coefficient (Wildman–Crippen LogP) is 1.58. The van der Waals surface area contributed by atoms with Gasteiger partial charge in [0.2, 0.25) is 0 Å². The molecule has 1 rings (SSSR count). The molecule has 1 aromatic heterocycles. The van der Waals surface area contributed by atoms with Crippen molar-refractivity contribution in [2.24, 2.45) is 0 Å². The molecule has 0 fully saturated rings. The van der Waals surface area contributed by atoms with Crippen LogP contribution in [-0.2, 0) is 0 Å². The van der Waals surface area contributed by atoms with Crippen LogP contribution in [0.4, 0.5) is 5.82 Å². The van der Waals surface area contributed by atoms with Crippen molar-refractivity contribution in [3.8, 4) is 0 Å². The van der Waals surface area contributed by atoms with Crippen molar-refractivity contribution in [2.45, 2.75) is 19.4 Å². The van der Waals surface area contributed by atoms with E-state index in [9.17, 15) is 4.79 Å². The molecule has 1 aromatic rings. The molecule has 0 saturated carbocycles. The molecular formula is C12H22Cl2N4O. The van der Waals surface area contributed by atoms with Crippen LogP contribution >= 0.6 is 24.8 Å². The Balaban J connectivity index is 0. The highest BCUT2D eigenvalue weighted by atomic mass is 35.5. The van der Waals surface area contributed by atoms with Crippen LogP contribution in [0.2, 0.25) is 0 Å². The second-order valence-corrected chi connectivity index (χ2v) is 4.84. The molecule has 0 aliphatic rings. The zero-order chi connectivity index (χ0) is 13.1. The van der Waals surface area contributed by atoms with Crippen LogP contribution in [-0.4, -0.2) is 42.0 Å². The van der Waals surface area contributed by atoms with Gasteiger partial charge in [-0.3, -0.25) is 4.79 Å². The Kier molecular flexibility index (Phi) is 8.75. The second-order valence-electron chi connectivity index (χ2n) is 4.84. The molecule has 0 bridgehead atoms. The maximum absolute atomic E-state index is 11.8. The van der Waals surface area contributed by atoms with Crippen LogP contribution in [0.1, 0.15) is 24.3 Å². The molecule has 19 heavy (non-hydrogen) atoms. The molecule has 1 heterocycles. The van der Waals surface area contributed by atoms with Crippen molar-refractivity contribution < 1.29 is 4.79 Å². The summed E-state index contributed by atoms with van der Waals surface area (Å²) in [5.74, 6) is 0.150. The minimum absolute atomic E-state index is 0. The van der Waals surface area contributed by atoms with Crippen molar-refractivity contribution >= 4 is 36.5 Å². The summed E-state index contributed by atoms with van der Waals surface area (Å²) in [5.41, 5.74) is 5.77. The van der Waals surface area contributed by atoms with Crippen molar-refractivity contribution in [3.63, 3.8) is 0 Å². The maximum atomic E-state index is 11.8. The monoisotopic (exact) mass is 308 g/mol. The van der Waals surface area contributed by atoms with Crippen molar-refractivity contribution in [1.29, 1.82) is 0 Å². The molecule has 0 aliphatic carbocycles. The third-order valence-electron chi connectivity index (χ3n) is 2.90. The normalized spacial score (nSPS) is 10.4. The number of nitrogens with two attached hydrogens (primary N) is 1. The molecule has 7 heteroatoms. The molecule has 0 atom stereocenters. The Bertz CT molecular complexity index is 410. The number of hydrogen-bond acceptors (Lipinski definition) is 4. The molecule has 0 unspecified atom stereocenters. The lowest BCUT2D eigenvalue weighted by molar-refractivity contribution is 0.0915. The number of halogens is 2. The van der Waals surface area contributed by atoms with Gasteiger partial charge in [-0.2, -0.15) is 0 Å². The van der Waals surface area contributed by atoms with Gasteiger partial charge in [0.25, 0.3) is 5.91 Å². The molecular weight excluding hydrogens is 287 g/mol.